The van der Waals surface area contributed by atoms with Crippen LogP contribution in [0.4, 0.5) is 17.1 Å². The molecule has 0 atom stereocenters. The van der Waals surface area contributed by atoms with Crippen molar-refractivity contribution in [2.45, 2.75) is 4.90 Å². The number of carbonyl (C=O) groups is 2. The van der Waals surface area contributed by atoms with E-state index in [0.717, 1.165) is 0 Å². The van der Waals surface area contributed by atoms with Crippen LogP contribution in [0, 0.1) is 0 Å². The molecule has 0 spiro atoms. The van der Waals surface area contributed by atoms with Crippen molar-refractivity contribution in [3.63, 3.8) is 0 Å². The molecule has 3 aromatic carbocycles. The van der Waals surface area contributed by atoms with E-state index >= 15 is 0 Å². The highest BCUT2D eigenvalue weighted by atomic mass is 35.5. The SMILES string of the molecule is O=C(Nc1ccccc1C(=O)Nc1cccc(S(=O)(=O)Nc2ccccc2Cl)c1)c1ccco1. The summed E-state index contributed by atoms with van der Waals surface area (Å²) in [5.41, 5.74) is 0.939. The molecule has 8 nitrogen and oxygen atoms in total. The molecule has 0 radical (unpaired) electrons. The molecule has 0 aliphatic heterocycles. The van der Waals surface area contributed by atoms with Crippen molar-refractivity contribution >= 4 is 50.5 Å². The fourth-order valence-corrected chi connectivity index (χ4v) is 4.43. The van der Waals surface area contributed by atoms with Gasteiger partial charge in [0.15, 0.2) is 5.76 Å². The molecule has 172 valence electrons. The summed E-state index contributed by atoms with van der Waals surface area (Å²) in [5, 5.41) is 5.55. The topological polar surface area (TPSA) is 118 Å². The first kappa shape index (κ1) is 23.1. The number of nitrogens with one attached hydrogen (secondary N) is 3. The van der Waals surface area contributed by atoms with Crippen molar-refractivity contribution in [1.82, 2.24) is 0 Å². The van der Waals surface area contributed by atoms with Crippen LogP contribution >= 0.6 is 11.6 Å². The smallest absolute Gasteiger partial charge is 0.291 e. The molecule has 3 N–H and O–H groups in total. The number of rotatable bonds is 7. The fraction of sp³-hybridized carbons (Fsp3) is 0. The number of furan rings is 1. The molecule has 0 unspecified atom stereocenters. The number of halogens is 1. The van der Waals surface area contributed by atoms with Gasteiger partial charge >= 0.3 is 0 Å². The summed E-state index contributed by atoms with van der Waals surface area (Å²) in [5.74, 6) is -0.952. The van der Waals surface area contributed by atoms with E-state index in [4.69, 9.17) is 16.0 Å². The van der Waals surface area contributed by atoms with Crippen LogP contribution in [0.15, 0.2) is 101 Å². The minimum Gasteiger partial charge on any atom is -0.459 e. The lowest BCUT2D eigenvalue weighted by Gasteiger charge is -2.13. The number of benzene rings is 3. The van der Waals surface area contributed by atoms with Crippen LogP contribution in [0.1, 0.15) is 20.9 Å². The van der Waals surface area contributed by atoms with Gasteiger partial charge in [0.25, 0.3) is 21.8 Å². The largest absolute Gasteiger partial charge is 0.459 e. The first-order valence-corrected chi connectivity index (χ1v) is 11.8. The van der Waals surface area contributed by atoms with Gasteiger partial charge < -0.3 is 15.1 Å². The summed E-state index contributed by atoms with van der Waals surface area (Å²) in [4.78, 5) is 25.2. The van der Waals surface area contributed by atoms with Gasteiger partial charge in [-0.3, -0.25) is 14.3 Å². The molecule has 0 aliphatic rings. The predicted molar refractivity (Wildman–Crippen MR) is 130 cm³/mol. The molecule has 0 saturated heterocycles. The standard InChI is InChI=1S/C24H18ClN3O5S/c25-19-10-2-4-12-21(19)28-34(31,32)17-8-5-7-16(15-17)26-23(29)18-9-1-3-11-20(18)27-24(30)22-13-6-14-33-22/h1-15,28H,(H,26,29)(H,27,30). The Kier molecular flexibility index (Phi) is 6.67. The maximum absolute atomic E-state index is 12.9. The van der Waals surface area contributed by atoms with Gasteiger partial charge in [-0.2, -0.15) is 0 Å². The van der Waals surface area contributed by atoms with E-state index in [1.165, 1.54) is 36.6 Å². The van der Waals surface area contributed by atoms with Crippen LogP contribution in [0.5, 0.6) is 0 Å². The predicted octanol–water partition coefficient (Wildman–Crippen LogP) is 5.24. The van der Waals surface area contributed by atoms with E-state index < -0.39 is 21.8 Å². The Bertz CT molecular complexity index is 1450. The van der Waals surface area contributed by atoms with Crippen molar-refractivity contribution in [3.8, 4) is 0 Å². The number of carbonyl (C=O) groups excluding carboxylic acids is 2. The molecule has 0 aliphatic carbocycles. The highest BCUT2D eigenvalue weighted by molar-refractivity contribution is 7.92. The zero-order valence-electron chi connectivity index (χ0n) is 17.5. The van der Waals surface area contributed by atoms with Crippen LogP contribution in [0.2, 0.25) is 5.02 Å². The van der Waals surface area contributed by atoms with Gasteiger partial charge in [-0.25, -0.2) is 8.42 Å². The van der Waals surface area contributed by atoms with Crippen LogP contribution in [-0.2, 0) is 10.0 Å². The first-order valence-electron chi connectivity index (χ1n) is 9.96. The highest BCUT2D eigenvalue weighted by Gasteiger charge is 2.18. The van der Waals surface area contributed by atoms with Gasteiger partial charge in [-0.1, -0.05) is 41.9 Å². The first-order chi connectivity index (χ1) is 16.3. The number of anilines is 3. The van der Waals surface area contributed by atoms with Crippen LogP contribution < -0.4 is 15.4 Å². The summed E-state index contributed by atoms with van der Waals surface area (Å²) in [6.07, 6.45) is 1.37. The van der Waals surface area contributed by atoms with Gasteiger partial charge in [0.05, 0.1) is 33.1 Å². The second-order valence-electron chi connectivity index (χ2n) is 7.04. The monoisotopic (exact) mass is 495 g/mol. The van der Waals surface area contributed by atoms with Gasteiger partial charge in [0.2, 0.25) is 0 Å². The van der Waals surface area contributed by atoms with Gasteiger partial charge in [-0.05, 0) is 54.6 Å². The third kappa shape index (κ3) is 5.28. The lowest BCUT2D eigenvalue weighted by atomic mass is 10.1. The Balaban J connectivity index is 1.53. The third-order valence-corrected chi connectivity index (χ3v) is 6.38. The number of para-hydroxylation sites is 2. The molecule has 10 heteroatoms. The molecular formula is C24H18ClN3O5S. The van der Waals surface area contributed by atoms with E-state index in [1.54, 1.807) is 54.6 Å². The van der Waals surface area contributed by atoms with Gasteiger partial charge in [0, 0.05) is 5.69 Å². The average Bonchev–Trinajstić information content (AvgIpc) is 3.36. The molecule has 2 amide bonds. The van der Waals surface area contributed by atoms with Gasteiger partial charge in [0.1, 0.15) is 0 Å². The van der Waals surface area contributed by atoms with Crippen molar-refractivity contribution in [3.05, 3.63) is 108 Å². The minimum absolute atomic E-state index is 0.0652. The Morgan fingerprint density at radius 1 is 0.765 bits per heavy atom. The maximum atomic E-state index is 12.9. The summed E-state index contributed by atoms with van der Waals surface area (Å²) < 4.78 is 33.1. The van der Waals surface area contributed by atoms with Crippen molar-refractivity contribution in [1.29, 1.82) is 0 Å². The molecule has 4 aromatic rings. The van der Waals surface area contributed by atoms with Crippen LogP contribution in [-0.4, -0.2) is 20.2 Å². The van der Waals surface area contributed by atoms with E-state index in [2.05, 4.69) is 15.4 Å². The van der Waals surface area contributed by atoms with Crippen molar-refractivity contribution < 1.29 is 22.4 Å². The number of hydrogen-bond donors (Lipinski definition) is 3. The van der Waals surface area contributed by atoms with Crippen molar-refractivity contribution in [2.24, 2.45) is 0 Å². The summed E-state index contributed by atoms with van der Waals surface area (Å²) in [6, 6.07) is 21.7. The quantitative estimate of drug-likeness (QED) is 0.324. The number of amides is 2. The third-order valence-electron chi connectivity index (χ3n) is 4.69. The molecule has 0 bridgehead atoms. The van der Waals surface area contributed by atoms with E-state index in [0.29, 0.717) is 0 Å². The minimum atomic E-state index is -3.96. The molecule has 0 saturated carbocycles. The lowest BCUT2D eigenvalue weighted by Crippen LogP contribution is -2.18. The average molecular weight is 496 g/mol. The number of hydrogen-bond acceptors (Lipinski definition) is 5. The lowest BCUT2D eigenvalue weighted by molar-refractivity contribution is 0.0996. The Morgan fingerprint density at radius 2 is 1.50 bits per heavy atom. The summed E-state index contributed by atoms with van der Waals surface area (Å²) >= 11 is 6.05. The van der Waals surface area contributed by atoms with Crippen LogP contribution in [0.3, 0.4) is 0 Å². The van der Waals surface area contributed by atoms with E-state index in [1.807, 2.05) is 0 Å². The second kappa shape index (κ2) is 9.82. The van der Waals surface area contributed by atoms with Gasteiger partial charge in [-0.15, -0.1) is 0 Å². The Morgan fingerprint density at radius 3 is 2.24 bits per heavy atom. The molecule has 34 heavy (non-hydrogen) atoms. The fourth-order valence-electron chi connectivity index (χ4n) is 3.07. The zero-order chi connectivity index (χ0) is 24.1. The summed E-state index contributed by atoms with van der Waals surface area (Å²) in [7, 11) is -3.96. The molecular weight excluding hydrogens is 478 g/mol. The molecule has 1 aromatic heterocycles. The van der Waals surface area contributed by atoms with E-state index in [9.17, 15) is 18.0 Å². The van der Waals surface area contributed by atoms with E-state index in [-0.39, 0.29) is 38.3 Å². The number of sulfonamides is 1. The second-order valence-corrected chi connectivity index (χ2v) is 9.13. The molecule has 0 fully saturated rings. The summed E-state index contributed by atoms with van der Waals surface area (Å²) in [6.45, 7) is 0. The zero-order valence-corrected chi connectivity index (χ0v) is 19.1. The molecule has 4 rings (SSSR count). The molecule has 1 heterocycles. The Hall–Kier alpha value is -4.08. The highest BCUT2D eigenvalue weighted by Crippen LogP contribution is 2.25. The Labute approximate surface area is 200 Å². The van der Waals surface area contributed by atoms with Crippen LogP contribution in [0.25, 0.3) is 0 Å². The van der Waals surface area contributed by atoms with Crippen molar-refractivity contribution in [2.75, 3.05) is 15.4 Å². The maximum Gasteiger partial charge on any atom is 0.291 e. The normalized spacial score (nSPS) is 11.0.